The fraction of sp³-hybridized carbons (Fsp3) is 0.125. The van der Waals surface area contributed by atoms with Crippen LogP contribution in [0.15, 0.2) is 53.1 Å². The third-order valence-corrected chi connectivity index (χ3v) is 3.22. The zero-order valence-corrected chi connectivity index (χ0v) is 12.7. The Balaban J connectivity index is 1.72. The van der Waals surface area contributed by atoms with Gasteiger partial charge in [-0.05, 0) is 31.2 Å². The molecule has 0 radical (unpaired) electrons. The van der Waals surface area contributed by atoms with Gasteiger partial charge in [-0.15, -0.1) is 10.2 Å². The fourth-order valence-electron chi connectivity index (χ4n) is 2.01. The van der Waals surface area contributed by atoms with E-state index < -0.39 is 0 Å². The van der Waals surface area contributed by atoms with E-state index in [4.69, 9.17) is 4.52 Å². The molecule has 0 unspecified atom stereocenters. The standard InChI is InChI=1S/C16H15N5O2/c1-11-10-15(20-23-11)17-14-9-8-13(18-19-14)16(22)21(2)12-6-4-3-5-7-12/h3-10H,1-2H3,(H,17,19,20). The SMILES string of the molecule is Cc1cc(Nc2ccc(C(=O)N(C)c3ccccc3)nn2)no1. The van der Waals surface area contributed by atoms with E-state index in [9.17, 15) is 4.79 Å². The summed E-state index contributed by atoms with van der Waals surface area (Å²) in [6.45, 7) is 1.80. The van der Waals surface area contributed by atoms with E-state index in [1.54, 1.807) is 32.2 Å². The Morgan fingerprint density at radius 1 is 1.09 bits per heavy atom. The number of carbonyl (C=O) groups is 1. The van der Waals surface area contributed by atoms with Crippen molar-refractivity contribution >= 4 is 23.2 Å². The van der Waals surface area contributed by atoms with Gasteiger partial charge in [-0.1, -0.05) is 23.4 Å². The minimum atomic E-state index is -0.229. The van der Waals surface area contributed by atoms with Crippen LogP contribution in [0.5, 0.6) is 0 Å². The summed E-state index contributed by atoms with van der Waals surface area (Å²) >= 11 is 0. The Labute approximate surface area is 132 Å². The normalized spacial score (nSPS) is 10.3. The first-order valence-electron chi connectivity index (χ1n) is 7.00. The molecule has 0 fully saturated rings. The minimum absolute atomic E-state index is 0.229. The molecule has 1 N–H and O–H groups in total. The molecule has 2 aromatic heterocycles. The van der Waals surface area contributed by atoms with Crippen LogP contribution in [0.3, 0.4) is 0 Å². The van der Waals surface area contributed by atoms with Gasteiger partial charge >= 0.3 is 0 Å². The molecule has 116 valence electrons. The predicted octanol–water partition coefficient (Wildman–Crippen LogP) is 2.79. The quantitative estimate of drug-likeness (QED) is 0.797. The van der Waals surface area contributed by atoms with Crippen LogP contribution in [0.1, 0.15) is 16.2 Å². The minimum Gasteiger partial charge on any atom is -0.360 e. The number of aromatic nitrogens is 3. The highest BCUT2D eigenvalue weighted by atomic mass is 16.5. The molecule has 0 aliphatic heterocycles. The van der Waals surface area contributed by atoms with Gasteiger partial charge < -0.3 is 14.7 Å². The van der Waals surface area contributed by atoms with Crippen molar-refractivity contribution in [1.29, 1.82) is 0 Å². The molecule has 0 saturated carbocycles. The van der Waals surface area contributed by atoms with E-state index in [0.29, 0.717) is 17.4 Å². The second-order valence-electron chi connectivity index (χ2n) is 4.95. The molecule has 2 heterocycles. The van der Waals surface area contributed by atoms with Gasteiger partial charge in [0, 0.05) is 18.8 Å². The van der Waals surface area contributed by atoms with Gasteiger partial charge in [-0.25, -0.2) is 0 Å². The third-order valence-electron chi connectivity index (χ3n) is 3.22. The van der Waals surface area contributed by atoms with E-state index in [2.05, 4.69) is 20.7 Å². The van der Waals surface area contributed by atoms with Gasteiger partial charge in [0.15, 0.2) is 17.3 Å². The Morgan fingerprint density at radius 2 is 1.87 bits per heavy atom. The molecule has 7 heteroatoms. The van der Waals surface area contributed by atoms with Crippen molar-refractivity contribution < 1.29 is 9.32 Å². The van der Waals surface area contributed by atoms with Crippen LogP contribution in [0.25, 0.3) is 0 Å². The Hall–Kier alpha value is -3.22. The molecule has 7 nitrogen and oxygen atoms in total. The van der Waals surface area contributed by atoms with E-state index in [1.807, 2.05) is 30.3 Å². The number of aryl methyl sites for hydroxylation is 1. The second-order valence-corrected chi connectivity index (χ2v) is 4.95. The van der Waals surface area contributed by atoms with Gasteiger partial charge in [-0.3, -0.25) is 4.79 Å². The largest absolute Gasteiger partial charge is 0.360 e. The molecule has 3 aromatic rings. The zero-order valence-electron chi connectivity index (χ0n) is 12.7. The summed E-state index contributed by atoms with van der Waals surface area (Å²) in [7, 11) is 1.70. The van der Waals surface area contributed by atoms with Gasteiger partial charge in [0.05, 0.1) is 0 Å². The smallest absolute Gasteiger partial charge is 0.278 e. The van der Waals surface area contributed by atoms with Crippen LogP contribution in [0.2, 0.25) is 0 Å². The summed E-state index contributed by atoms with van der Waals surface area (Å²) in [5, 5.41) is 14.7. The van der Waals surface area contributed by atoms with Crippen LogP contribution in [0, 0.1) is 6.92 Å². The number of nitrogens with one attached hydrogen (secondary N) is 1. The topological polar surface area (TPSA) is 84.2 Å². The number of hydrogen-bond acceptors (Lipinski definition) is 6. The first kappa shape index (κ1) is 14.7. The predicted molar refractivity (Wildman–Crippen MR) is 85.7 cm³/mol. The summed E-state index contributed by atoms with van der Waals surface area (Å²) in [4.78, 5) is 13.9. The van der Waals surface area contributed by atoms with Crippen LogP contribution < -0.4 is 10.2 Å². The van der Waals surface area contributed by atoms with Gasteiger partial charge in [0.1, 0.15) is 5.76 Å². The number of rotatable bonds is 4. The molecule has 0 saturated heterocycles. The van der Waals surface area contributed by atoms with E-state index in [0.717, 1.165) is 5.69 Å². The van der Waals surface area contributed by atoms with Crippen LogP contribution in [-0.4, -0.2) is 28.3 Å². The third kappa shape index (κ3) is 3.34. The van der Waals surface area contributed by atoms with Crippen molar-refractivity contribution in [2.45, 2.75) is 6.92 Å². The summed E-state index contributed by atoms with van der Waals surface area (Å²) in [6.07, 6.45) is 0. The van der Waals surface area contributed by atoms with E-state index in [-0.39, 0.29) is 11.6 Å². The van der Waals surface area contributed by atoms with Crippen LogP contribution in [0.4, 0.5) is 17.3 Å². The van der Waals surface area contributed by atoms with Crippen molar-refractivity contribution in [3.63, 3.8) is 0 Å². The molecule has 1 amide bonds. The van der Waals surface area contributed by atoms with Gasteiger partial charge in [-0.2, -0.15) is 0 Å². The lowest BCUT2D eigenvalue weighted by Gasteiger charge is -2.16. The number of anilines is 3. The number of carbonyl (C=O) groups excluding carboxylic acids is 1. The Morgan fingerprint density at radius 3 is 2.48 bits per heavy atom. The first-order valence-corrected chi connectivity index (χ1v) is 7.00. The number of amides is 1. The summed E-state index contributed by atoms with van der Waals surface area (Å²) < 4.78 is 4.96. The van der Waals surface area contributed by atoms with Crippen molar-refractivity contribution in [1.82, 2.24) is 15.4 Å². The maximum absolute atomic E-state index is 12.4. The molecule has 23 heavy (non-hydrogen) atoms. The van der Waals surface area contributed by atoms with Crippen molar-refractivity contribution in [3.8, 4) is 0 Å². The van der Waals surface area contributed by atoms with Gasteiger partial charge in [0.25, 0.3) is 5.91 Å². The number of para-hydroxylation sites is 1. The highest BCUT2D eigenvalue weighted by molar-refractivity contribution is 6.04. The highest BCUT2D eigenvalue weighted by Crippen LogP contribution is 2.16. The van der Waals surface area contributed by atoms with E-state index in [1.165, 1.54) is 4.90 Å². The lowest BCUT2D eigenvalue weighted by Crippen LogP contribution is -2.27. The molecule has 3 rings (SSSR count). The number of benzene rings is 1. The summed E-state index contributed by atoms with van der Waals surface area (Å²) in [5.74, 6) is 1.48. The maximum Gasteiger partial charge on any atom is 0.278 e. The van der Waals surface area contributed by atoms with Crippen molar-refractivity contribution in [3.05, 3.63) is 60.0 Å². The average molecular weight is 309 g/mol. The number of hydrogen-bond donors (Lipinski definition) is 1. The highest BCUT2D eigenvalue weighted by Gasteiger charge is 2.15. The fourth-order valence-corrected chi connectivity index (χ4v) is 2.01. The lowest BCUT2D eigenvalue weighted by atomic mass is 10.2. The Bertz CT molecular complexity index is 799. The zero-order chi connectivity index (χ0) is 16.2. The van der Waals surface area contributed by atoms with Crippen molar-refractivity contribution in [2.75, 3.05) is 17.3 Å². The summed E-state index contributed by atoms with van der Waals surface area (Å²) in [6, 6.07) is 14.4. The molecular formula is C16H15N5O2. The lowest BCUT2D eigenvalue weighted by molar-refractivity contribution is 0.0987. The van der Waals surface area contributed by atoms with Crippen molar-refractivity contribution in [2.24, 2.45) is 0 Å². The molecular weight excluding hydrogens is 294 g/mol. The Kier molecular flexibility index (Phi) is 4.01. The van der Waals surface area contributed by atoms with Crippen LogP contribution >= 0.6 is 0 Å². The first-order chi connectivity index (χ1) is 11.1. The average Bonchev–Trinajstić information content (AvgIpc) is 3.00. The number of nitrogens with zero attached hydrogens (tertiary/aromatic N) is 4. The molecule has 0 atom stereocenters. The van der Waals surface area contributed by atoms with E-state index >= 15 is 0 Å². The van der Waals surface area contributed by atoms with Gasteiger partial charge in [0.2, 0.25) is 0 Å². The molecule has 0 aliphatic rings. The van der Waals surface area contributed by atoms with Crippen LogP contribution in [-0.2, 0) is 0 Å². The molecule has 0 bridgehead atoms. The molecule has 1 aromatic carbocycles. The monoisotopic (exact) mass is 309 g/mol. The molecule has 0 spiro atoms. The summed E-state index contributed by atoms with van der Waals surface area (Å²) in [5.41, 5.74) is 1.05. The molecule has 0 aliphatic carbocycles. The second kappa shape index (κ2) is 6.27. The maximum atomic E-state index is 12.4.